The Morgan fingerprint density at radius 1 is 1.38 bits per heavy atom. The van der Waals surface area contributed by atoms with Crippen molar-refractivity contribution in [2.45, 2.75) is 32.4 Å². The number of H-pyrrole nitrogens is 1. The van der Waals surface area contributed by atoms with Crippen LogP contribution in [0, 0.1) is 6.92 Å². The highest BCUT2D eigenvalue weighted by molar-refractivity contribution is 6.44. The number of nitrogens with zero attached hydrogens (tertiary/aromatic N) is 2. The normalized spacial score (nSPS) is 18.3. The maximum absolute atomic E-state index is 12.7. The predicted octanol–water partition coefficient (Wildman–Crippen LogP) is 3.04. The fraction of sp³-hybridized carbons (Fsp3) is 0.429. The largest absolute Gasteiger partial charge is 0.462 e. The summed E-state index contributed by atoms with van der Waals surface area (Å²) < 4.78 is 10.6. The number of aldehydes is 1. The second-order valence-electron chi connectivity index (χ2n) is 7.31. The lowest BCUT2D eigenvalue weighted by Gasteiger charge is -2.38. The SMILES string of the molecule is CCOC(=O)c1cc(N2CC[C@@H](NC(=O)c3[nH]c(C)c(Cl)c3Cl)[C@@H](OC)C2)ncc1C=O. The molecule has 172 valence electrons. The monoisotopic (exact) mass is 482 g/mol. The zero-order valence-electron chi connectivity index (χ0n) is 17.9. The van der Waals surface area contributed by atoms with Crippen LogP contribution in [-0.4, -0.2) is 67.1 Å². The van der Waals surface area contributed by atoms with E-state index in [0.717, 1.165) is 0 Å². The second-order valence-corrected chi connectivity index (χ2v) is 8.07. The summed E-state index contributed by atoms with van der Waals surface area (Å²) in [6.07, 6.45) is 2.13. The lowest BCUT2D eigenvalue weighted by Crippen LogP contribution is -2.55. The highest BCUT2D eigenvalue weighted by Gasteiger charge is 2.32. The third-order valence-corrected chi connectivity index (χ3v) is 6.27. The molecule has 1 fully saturated rings. The van der Waals surface area contributed by atoms with E-state index in [1.807, 2.05) is 4.90 Å². The van der Waals surface area contributed by atoms with Crippen molar-refractivity contribution in [3.63, 3.8) is 0 Å². The van der Waals surface area contributed by atoms with E-state index in [4.69, 9.17) is 32.7 Å². The fourth-order valence-electron chi connectivity index (χ4n) is 3.60. The summed E-state index contributed by atoms with van der Waals surface area (Å²) in [5, 5.41) is 3.44. The van der Waals surface area contributed by atoms with E-state index in [0.29, 0.717) is 42.3 Å². The lowest BCUT2D eigenvalue weighted by atomic mass is 10.0. The Balaban J connectivity index is 1.75. The molecule has 11 heteroatoms. The van der Waals surface area contributed by atoms with Gasteiger partial charge in [-0.1, -0.05) is 23.2 Å². The number of nitrogens with one attached hydrogen (secondary N) is 2. The molecular weight excluding hydrogens is 459 g/mol. The van der Waals surface area contributed by atoms with Crippen molar-refractivity contribution < 1.29 is 23.9 Å². The van der Waals surface area contributed by atoms with Crippen LogP contribution < -0.4 is 10.2 Å². The molecule has 32 heavy (non-hydrogen) atoms. The van der Waals surface area contributed by atoms with Crippen molar-refractivity contribution in [1.82, 2.24) is 15.3 Å². The number of hydrogen-bond acceptors (Lipinski definition) is 7. The van der Waals surface area contributed by atoms with Gasteiger partial charge in [0, 0.05) is 37.7 Å². The number of carbonyl (C=O) groups excluding carboxylic acids is 3. The first kappa shape index (κ1) is 24.0. The Kier molecular flexibility index (Phi) is 7.76. The molecule has 1 amide bonds. The molecule has 1 saturated heterocycles. The number of esters is 1. The van der Waals surface area contributed by atoms with Gasteiger partial charge in [-0.05, 0) is 26.3 Å². The molecule has 3 rings (SSSR count). The topological polar surface area (TPSA) is 114 Å². The number of pyridine rings is 1. The quantitative estimate of drug-likeness (QED) is 0.460. The Morgan fingerprint density at radius 2 is 2.12 bits per heavy atom. The number of piperidine rings is 1. The van der Waals surface area contributed by atoms with E-state index in [1.54, 1.807) is 21.0 Å². The van der Waals surface area contributed by atoms with Crippen molar-refractivity contribution in [3.05, 3.63) is 44.8 Å². The first-order chi connectivity index (χ1) is 15.3. The number of anilines is 1. The molecule has 0 spiro atoms. The van der Waals surface area contributed by atoms with E-state index >= 15 is 0 Å². The summed E-state index contributed by atoms with van der Waals surface area (Å²) in [7, 11) is 1.56. The summed E-state index contributed by atoms with van der Waals surface area (Å²) in [5.74, 6) is -0.440. The number of methoxy groups -OCH3 is 1. The van der Waals surface area contributed by atoms with Gasteiger partial charge in [-0.2, -0.15) is 0 Å². The van der Waals surface area contributed by atoms with Crippen LogP contribution in [0.5, 0.6) is 0 Å². The highest BCUT2D eigenvalue weighted by atomic mass is 35.5. The molecule has 2 aromatic rings. The van der Waals surface area contributed by atoms with E-state index in [9.17, 15) is 14.4 Å². The average molecular weight is 483 g/mol. The predicted molar refractivity (Wildman–Crippen MR) is 120 cm³/mol. The minimum Gasteiger partial charge on any atom is -0.462 e. The third-order valence-electron chi connectivity index (χ3n) is 5.33. The van der Waals surface area contributed by atoms with Crippen LogP contribution >= 0.6 is 23.2 Å². The standard InChI is InChI=1S/C21H24Cl2N4O5/c1-4-32-21(30)13-7-16(24-8-12(13)10-28)27-6-5-14(15(9-27)31-3)26-20(29)19-18(23)17(22)11(2)25-19/h7-8,10,14-15,25H,4-6,9H2,1-3H3,(H,26,29)/t14-,15+/m1/s1. The van der Waals surface area contributed by atoms with E-state index in [1.165, 1.54) is 12.3 Å². The van der Waals surface area contributed by atoms with Gasteiger partial charge >= 0.3 is 5.97 Å². The van der Waals surface area contributed by atoms with E-state index in [2.05, 4.69) is 15.3 Å². The summed E-state index contributed by atoms with van der Waals surface area (Å²) in [6.45, 7) is 4.57. The Morgan fingerprint density at radius 3 is 2.72 bits per heavy atom. The van der Waals surface area contributed by atoms with Crippen molar-refractivity contribution in [3.8, 4) is 0 Å². The number of rotatable bonds is 7. The van der Waals surface area contributed by atoms with Gasteiger partial charge in [-0.25, -0.2) is 9.78 Å². The first-order valence-electron chi connectivity index (χ1n) is 10.0. The third kappa shape index (κ3) is 4.90. The molecule has 0 aliphatic carbocycles. The number of ether oxygens (including phenoxy) is 2. The molecule has 0 aromatic carbocycles. The molecule has 2 N–H and O–H groups in total. The Hall–Kier alpha value is -2.62. The summed E-state index contributed by atoms with van der Waals surface area (Å²) in [6, 6.07) is 1.26. The van der Waals surface area contributed by atoms with Crippen LogP contribution in [0.3, 0.4) is 0 Å². The molecule has 3 heterocycles. The molecule has 9 nitrogen and oxygen atoms in total. The van der Waals surface area contributed by atoms with Crippen LogP contribution in [-0.2, 0) is 9.47 Å². The zero-order valence-corrected chi connectivity index (χ0v) is 19.4. The summed E-state index contributed by atoms with van der Waals surface area (Å²) in [4.78, 5) is 45.4. The van der Waals surface area contributed by atoms with Gasteiger partial charge in [0.2, 0.25) is 0 Å². The molecule has 0 saturated carbocycles. The number of halogens is 2. The molecule has 1 aliphatic heterocycles. The van der Waals surface area contributed by atoms with Gasteiger partial charge in [0.1, 0.15) is 11.5 Å². The average Bonchev–Trinajstić information content (AvgIpc) is 3.06. The molecule has 1 aliphatic rings. The number of aromatic nitrogens is 2. The van der Waals surface area contributed by atoms with Crippen LogP contribution in [0.4, 0.5) is 5.82 Å². The van der Waals surface area contributed by atoms with Crippen LogP contribution in [0.1, 0.15) is 50.2 Å². The molecular formula is C21H24Cl2N4O5. The van der Waals surface area contributed by atoms with Crippen molar-refractivity contribution in [1.29, 1.82) is 0 Å². The minimum atomic E-state index is -0.583. The van der Waals surface area contributed by atoms with Crippen LogP contribution in [0.25, 0.3) is 0 Å². The minimum absolute atomic E-state index is 0.157. The molecule has 0 unspecified atom stereocenters. The van der Waals surface area contributed by atoms with Gasteiger partial charge < -0.3 is 24.7 Å². The lowest BCUT2D eigenvalue weighted by molar-refractivity contribution is 0.0520. The smallest absolute Gasteiger partial charge is 0.339 e. The van der Waals surface area contributed by atoms with Gasteiger partial charge in [-0.3, -0.25) is 9.59 Å². The fourth-order valence-corrected chi connectivity index (χ4v) is 4.02. The molecule has 0 radical (unpaired) electrons. The highest BCUT2D eigenvalue weighted by Crippen LogP contribution is 2.29. The zero-order chi connectivity index (χ0) is 23.4. The van der Waals surface area contributed by atoms with Crippen molar-refractivity contribution >= 4 is 47.2 Å². The summed E-state index contributed by atoms with van der Waals surface area (Å²) >= 11 is 12.2. The number of aryl methyl sites for hydroxylation is 1. The van der Waals surface area contributed by atoms with Crippen LogP contribution in [0.15, 0.2) is 12.3 Å². The number of amides is 1. The molecule has 2 atom stereocenters. The van der Waals surface area contributed by atoms with Gasteiger partial charge in [0.15, 0.2) is 6.29 Å². The Bertz CT molecular complexity index is 1030. The number of hydrogen-bond donors (Lipinski definition) is 2. The van der Waals surface area contributed by atoms with Gasteiger partial charge in [-0.15, -0.1) is 0 Å². The van der Waals surface area contributed by atoms with Crippen molar-refractivity contribution in [2.24, 2.45) is 0 Å². The molecule has 2 aromatic heterocycles. The van der Waals surface area contributed by atoms with Crippen LogP contribution in [0.2, 0.25) is 10.0 Å². The number of aromatic amines is 1. The summed E-state index contributed by atoms with van der Waals surface area (Å²) in [5.41, 5.74) is 1.14. The van der Waals surface area contributed by atoms with E-state index < -0.39 is 5.97 Å². The maximum atomic E-state index is 12.7. The second kappa shape index (κ2) is 10.3. The van der Waals surface area contributed by atoms with Crippen molar-refractivity contribution in [2.75, 3.05) is 31.7 Å². The van der Waals surface area contributed by atoms with Gasteiger partial charge in [0.25, 0.3) is 5.91 Å². The van der Waals surface area contributed by atoms with Gasteiger partial charge in [0.05, 0.1) is 34.4 Å². The number of carbonyl (C=O) groups is 3. The Labute approximate surface area is 195 Å². The maximum Gasteiger partial charge on any atom is 0.339 e. The molecule has 0 bridgehead atoms. The first-order valence-corrected chi connectivity index (χ1v) is 10.8. The van der Waals surface area contributed by atoms with E-state index in [-0.39, 0.29) is 46.5 Å².